The molecule has 12 rings (SSSR count). The van der Waals surface area contributed by atoms with Crippen molar-refractivity contribution in [3.05, 3.63) is 82.0 Å². The second-order valence-electron chi connectivity index (χ2n) is 32.2. The largest absolute Gasteiger partial charge is 0.458 e. The van der Waals surface area contributed by atoms with E-state index in [-0.39, 0.29) is 135 Å². The minimum Gasteiger partial charge on any atom is -0.458 e. The van der Waals surface area contributed by atoms with Crippen molar-refractivity contribution in [2.75, 3.05) is 19.8 Å². The Morgan fingerprint density at radius 1 is 0.533 bits per heavy atom. The summed E-state index contributed by atoms with van der Waals surface area (Å²) in [6.07, 6.45) is 32.3. The predicted molar refractivity (Wildman–Crippen MR) is 347 cm³/mol. The van der Waals surface area contributed by atoms with Crippen LogP contribution in [0.5, 0.6) is 0 Å². The van der Waals surface area contributed by atoms with Gasteiger partial charge in [-0.3, -0.25) is 43.2 Å². The third-order valence-electron chi connectivity index (χ3n) is 27.9. The Hall–Kier alpha value is -5.39. The van der Waals surface area contributed by atoms with Gasteiger partial charge in [-0.05, 0) is 191 Å². The van der Waals surface area contributed by atoms with Gasteiger partial charge in [-0.25, -0.2) is 0 Å². The summed E-state index contributed by atoms with van der Waals surface area (Å²) in [5.74, 6) is 3.22. The van der Waals surface area contributed by atoms with Gasteiger partial charge in [0.15, 0.2) is 47.9 Å². The Kier molecular flexibility index (Phi) is 18.4. The smallest absolute Gasteiger partial charge is 0.308 e. The number of rotatable bonds is 12. The van der Waals surface area contributed by atoms with E-state index in [0.29, 0.717) is 61.2 Å². The van der Waals surface area contributed by atoms with Gasteiger partial charge in [0.1, 0.15) is 6.61 Å². The highest BCUT2D eigenvalue weighted by atomic mass is 16.5. The van der Waals surface area contributed by atoms with Crippen LogP contribution in [0.15, 0.2) is 82.0 Å². The third-order valence-corrected chi connectivity index (χ3v) is 27.9. The zero-order valence-corrected chi connectivity index (χ0v) is 57.2. The van der Waals surface area contributed by atoms with Crippen LogP contribution >= 0.6 is 0 Å². The molecule has 6 fully saturated rings. The number of carbonyl (C=O) groups excluding carboxylic acids is 9. The van der Waals surface area contributed by atoms with Crippen molar-refractivity contribution >= 4 is 52.6 Å². The molecule has 0 aromatic heterocycles. The summed E-state index contributed by atoms with van der Waals surface area (Å²) in [7, 11) is 0. The van der Waals surface area contributed by atoms with Crippen LogP contribution in [-0.2, 0) is 57.4 Å². The SMILES string of the molecule is CC(C)C(=O)OCC(=O)[C@H]1[C@H](C)CC2C3CCC4=CC(=O)C=C[C@]4(C)C3=CC[C@@]21C.CCC(=O)OCC(=O)[C@@]1(C)[C@@H](C)CC2C3CCC4=CC(=O)CC[C@]4(C)C3=CC[C@@]21C.CCC(=O)OCC(=O)[C@@]1(C)[C@H](C)CC2C3CCC4=CC(=O)CC[C@]4(C)C3=CC[C@@]21C. The summed E-state index contributed by atoms with van der Waals surface area (Å²) in [6.45, 7) is 31.4. The van der Waals surface area contributed by atoms with E-state index in [0.717, 1.165) is 89.9 Å². The van der Waals surface area contributed by atoms with Gasteiger partial charge in [-0.2, -0.15) is 0 Å². The average Bonchev–Trinajstić information content (AvgIpc) is 1.48. The highest BCUT2D eigenvalue weighted by Gasteiger charge is 2.68. The molecule has 90 heavy (non-hydrogen) atoms. The fraction of sp³-hybridized carbons (Fsp3) is 0.705. The van der Waals surface area contributed by atoms with E-state index in [4.69, 9.17) is 14.2 Å². The van der Waals surface area contributed by atoms with E-state index in [1.807, 2.05) is 18.2 Å². The Labute approximate surface area is 537 Å². The molecule has 12 aliphatic carbocycles. The van der Waals surface area contributed by atoms with Gasteiger partial charge in [-0.15, -0.1) is 0 Å². The molecule has 0 spiro atoms. The first kappa shape index (κ1) is 67.5. The summed E-state index contributed by atoms with van der Waals surface area (Å²) < 4.78 is 15.8. The van der Waals surface area contributed by atoms with Gasteiger partial charge >= 0.3 is 17.9 Å². The molecule has 0 N–H and O–H groups in total. The highest BCUT2D eigenvalue weighted by Crippen LogP contribution is 2.72. The molecule has 490 valence electrons. The van der Waals surface area contributed by atoms with E-state index in [9.17, 15) is 43.2 Å². The quantitative estimate of drug-likeness (QED) is 0.103. The van der Waals surface area contributed by atoms with Crippen molar-refractivity contribution in [2.24, 2.45) is 108 Å². The second kappa shape index (κ2) is 24.5. The zero-order chi connectivity index (χ0) is 65.6. The van der Waals surface area contributed by atoms with E-state index >= 15 is 0 Å². The van der Waals surface area contributed by atoms with Gasteiger partial charge in [-0.1, -0.05) is 155 Å². The standard InChI is InChI=1S/C26H34O4.2C26H36O4/c1-15(2)24(29)30-14-22(28)23-16(3)12-21-19-7-6-17-13-18(27)8-10-25(17,4)20(19)9-11-26(21,23)5;2*1-6-23(29)30-15-22(28)26(5)16(2)13-21-19-8-7-17-14-18(27)9-11-24(17,3)20(19)10-12-25(21,26)4/h8-10,13,15-16,19,21,23H,6-7,11-12,14H2,1-5H3;2*10,14,16,19,21H,6-9,11-13,15H2,1-5H3/t16-,19?,21?,23-,25+,26+;16-,19?,21?,24+,25+,26-;16-,19?,21?,24-,25-,26+/m110/s1. The van der Waals surface area contributed by atoms with Gasteiger partial charge in [0.25, 0.3) is 0 Å². The number of Topliss-reactive ketones (excluding diaryl/α,β-unsaturated/α-hetero) is 3. The van der Waals surface area contributed by atoms with Crippen LogP contribution in [0.1, 0.15) is 219 Å². The van der Waals surface area contributed by atoms with E-state index in [1.54, 1.807) is 33.8 Å². The average molecular weight is 1240 g/mol. The molecular weight excluding hydrogens is 1130 g/mol. The number of ether oxygens (including phenoxy) is 3. The predicted octanol–water partition coefficient (Wildman–Crippen LogP) is 15.3. The maximum absolute atomic E-state index is 13.4. The van der Waals surface area contributed by atoms with E-state index in [1.165, 1.54) is 33.4 Å². The minimum atomic E-state index is -0.493. The number of hydrogen-bond donors (Lipinski definition) is 0. The zero-order valence-electron chi connectivity index (χ0n) is 57.2. The van der Waals surface area contributed by atoms with Gasteiger partial charge in [0.2, 0.25) is 0 Å². The summed E-state index contributed by atoms with van der Waals surface area (Å²) in [5, 5.41) is 0. The summed E-state index contributed by atoms with van der Waals surface area (Å²) >= 11 is 0. The van der Waals surface area contributed by atoms with Gasteiger partial charge in [0.05, 0.1) is 5.92 Å². The number of fused-ring (bicyclic) bond motifs is 15. The Morgan fingerprint density at radius 3 is 1.43 bits per heavy atom. The Bertz CT molecular complexity index is 3110. The van der Waals surface area contributed by atoms with Crippen molar-refractivity contribution in [1.82, 2.24) is 0 Å². The number of ketones is 6. The molecule has 0 aromatic carbocycles. The fourth-order valence-corrected chi connectivity index (χ4v) is 21.8. The number of allylic oxidation sites excluding steroid dienone is 14. The number of hydrogen-bond acceptors (Lipinski definition) is 12. The fourth-order valence-electron chi connectivity index (χ4n) is 21.8. The molecule has 12 nitrogen and oxygen atoms in total. The van der Waals surface area contributed by atoms with Crippen molar-refractivity contribution in [1.29, 1.82) is 0 Å². The van der Waals surface area contributed by atoms with Crippen LogP contribution in [0.2, 0.25) is 0 Å². The highest BCUT2D eigenvalue weighted by molar-refractivity contribution is 6.01. The Morgan fingerprint density at radius 2 is 0.978 bits per heavy atom. The van der Waals surface area contributed by atoms with Crippen molar-refractivity contribution in [3.8, 4) is 0 Å². The molecule has 0 saturated heterocycles. The van der Waals surface area contributed by atoms with E-state index in [2.05, 4.69) is 100 Å². The molecule has 12 aliphatic rings. The molecule has 6 saturated carbocycles. The van der Waals surface area contributed by atoms with Crippen LogP contribution in [0.3, 0.4) is 0 Å². The molecule has 12 heteroatoms. The maximum Gasteiger partial charge on any atom is 0.308 e. The van der Waals surface area contributed by atoms with Crippen molar-refractivity contribution in [3.63, 3.8) is 0 Å². The van der Waals surface area contributed by atoms with Crippen LogP contribution in [0, 0.1) is 108 Å². The lowest BCUT2D eigenvalue weighted by Gasteiger charge is -2.55. The molecule has 0 heterocycles. The lowest BCUT2D eigenvalue weighted by Crippen LogP contribution is -2.51. The molecule has 18 atom stereocenters. The van der Waals surface area contributed by atoms with Crippen LogP contribution in [-0.4, -0.2) is 72.4 Å². The first-order valence-electron chi connectivity index (χ1n) is 34.8. The topological polar surface area (TPSA) is 181 Å². The summed E-state index contributed by atoms with van der Waals surface area (Å²) in [5.41, 5.74) is 6.91. The van der Waals surface area contributed by atoms with Crippen LogP contribution in [0.4, 0.5) is 0 Å². The first-order valence-corrected chi connectivity index (χ1v) is 34.8. The third kappa shape index (κ3) is 10.7. The number of carbonyl (C=O) groups is 9. The molecule has 0 radical (unpaired) electrons. The number of esters is 3. The van der Waals surface area contributed by atoms with Gasteiger partial charge < -0.3 is 14.2 Å². The summed E-state index contributed by atoms with van der Waals surface area (Å²) in [4.78, 5) is 111. The van der Waals surface area contributed by atoms with Gasteiger partial charge in [0, 0.05) is 58.7 Å². The molecule has 0 bridgehead atoms. The van der Waals surface area contributed by atoms with Crippen molar-refractivity contribution < 1.29 is 57.4 Å². The lowest BCUT2D eigenvalue weighted by molar-refractivity contribution is -0.154. The second-order valence-corrected chi connectivity index (χ2v) is 32.2. The molecule has 0 aliphatic heterocycles. The van der Waals surface area contributed by atoms with Crippen LogP contribution in [0.25, 0.3) is 0 Å². The molecule has 0 aromatic rings. The van der Waals surface area contributed by atoms with E-state index < -0.39 is 10.8 Å². The van der Waals surface area contributed by atoms with Crippen LogP contribution < -0.4 is 0 Å². The minimum absolute atomic E-state index is 0.0149. The molecule has 6 unspecified atom stereocenters. The lowest BCUT2D eigenvalue weighted by atomic mass is 9.48. The first-order chi connectivity index (χ1) is 42.2. The normalized spacial score (nSPS) is 41.5. The van der Waals surface area contributed by atoms with Crippen molar-refractivity contribution in [2.45, 2.75) is 219 Å². The molecular formula is C78H106O12. The Balaban J connectivity index is 0.000000148. The maximum atomic E-state index is 13.4. The summed E-state index contributed by atoms with van der Waals surface area (Å²) in [6, 6.07) is 0. The molecule has 0 amide bonds. The monoisotopic (exact) mass is 1230 g/mol.